The molecule has 0 bridgehead atoms. The maximum Gasteiger partial charge on any atom is 0.244 e. The lowest BCUT2D eigenvalue weighted by Crippen LogP contribution is -2.51. The van der Waals surface area contributed by atoms with Crippen LogP contribution < -0.4 is 19.1 Å². The molecule has 11 heteroatoms. The summed E-state index contributed by atoms with van der Waals surface area (Å²) in [5.74, 6) is -0.213. The van der Waals surface area contributed by atoms with Crippen molar-refractivity contribution in [1.29, 1.82) is 0 Å². The van der Waals surface area contributed by atoms with E-state index < -0.39 is 28.5 Å². The van der Waals surface area contributed by atoms with Gasteiger partial charge >= 0.3 is 0 Å². The number of nitrogens with zero attached hydrogens (tertiary/aromatic N) is 2. The third kappa shape index (κ3) is 7.76. The third-order valence-electron chi connectivity index (χ3n) is 5.29. The summed E-state index contributed by atoms with van der Waals surface area (Å²) in [4.78, 5) is 27.6. The van der Waals surface area contributed by atoms with Crippen LogP contribution >= 0.6 is 11.6 Å². The van der Waals surface area contributed by atoms with Gasteiger partial charge in [-0.1, -0.05) is 30.7 Å². The monoisotopic (exact) mass is 525 g/mol. The van der Waals surface area contributed by atoms with Crippen LogP contribution in [0.25, 0.3) is 0 Å². The van der Waals surface area contributed by atoms with E-state index >= 15 is 0 Å². The Labute approximate surface area is 212 Å². The van der Waals surface area contributed by atoms with Crippen LogP contribution in [0.5, 0.6) is 11.5 Å². The first-order valence-corrected chi connectivity index (χ1v) is 13.3. The largest absolute Gasteiger partial charge is 0.497 e. The Morgan fingerprint density at radius 3 is 2.40 bits per heavy atom. The van der Waals surface area contributed by atoms with E-state index in [1.807, 2.05) is 6.92 Å². The molecule has 0 saturated heterocycles. The molecule has 2 aromatic carbocycles. The van der Waals surface area contributed by atoms with Crippen molar-refractivity contribution in [3.63, 3.8) is 0 Å². The Balaban J connectivity index is 2.44. The number of anilines is 1. The summed E-state index contributed by atoms with van der Waals surface area (Å²) < 4.78 is 37.0. The Morgan fingerprint density at radius 2 is 1.83 bits per heavy atom. The highest BCUT2D eigenvalue weighted by atomic mass is 35.5. The van der Waals surface area contributed by atoms with Crippen LogP contribution in [0.2, 0.25) is 5.02 Å². The molecule has 0 fully saturated rings. The summed E-state index contributed by atoms with van der Waals surface area (Å²) in [6, 6.07) is 10.7. The molecule has 1 N–H and O–H groups in total. The highest BCUT2D eigenvalue weighted by Crippen LogP contribution is 2.33. The normalized spacial score (nSPS) is 11.9. The highest BCUT2D eigenvalue weighted by Gasteiger charge is 2.31. The average Bonchev–Trinajstić information content (AvgIpc) is 2.82. The number of sulfonamides is 1. The fraction of sp³-hybridized carbons (Fsp3) is 0.417. The highest BCUT2D eigenvalue weighted by molar-refractivity contribution is 7.92. The lowest BCUT2D eigenvalue weighted by molar-refractivity contribution is -0.139. The number of methoxy groups -OCH3 is 2. The van der Waals surface area contributed by atoms with Crippen LogP contribution in [0.1, 0.15) is 25.8 Å². The zero-order chi connectivity index (χ0) is 26.2. The van der Waals surface area contributed by atoms with Gasteiger partial charge in [0, 0.05) is 24.2 Å². The first kappa shape index (κ1) is 28.3. The van der Waals surface area contributed by atoms with Crippen molar-refractivity contribution in [2.24, 2.45) is 0 Å². The fourth-order valence-electron chi connectivity index (χ4n) is 3.40. The van der Waals surface area contributed by atoms with Crippen molar-refractivity contribution in [2.45, 2.75) is 32.9 Å². The summed E-state index contributed by atoms with van der Waals surface area (Å²) in [5.41, 5.74) is 0.879. The van der Waals surface area contributed by atoms with Gasteiger partial charge in [0.1, 0.15) is 24.1 Å². The average molecular weight is 526 g/mol. The molecule has 0 heterocycles. The van der Waals surface area contributed by atoms with Gasteiger partial charge in [-0.25, -0.2) is 8.42 Å². The summed E-state index contributed by atoms with van der Waals surface area (Å²) in [6.07, 6.45) is 1.74. The van der Waals surface area contributed by atoms with E-state index in [4.69, 9.17) is 21.1 Å². The first-order chi connectivity index (χ1) is 16.5. The van der Waals surface area contributed by atoms with Gasteiger partial charge in [-0.15, -0.1) is 0 Å². The SMILES string of the molecule is CCCNC(=O)C(C)N(Cc1cccc(Cl)c1)C(=O)CN(c1ccc(OC)cc1OC)S(C)(=O)=O. The molecule has 1 unspecified atom stereocenters. The fourth-order valence-corrected chi connectivity index (χ4v) is 4.46. The molecule has 0 saturated carbocycles. The molecule has 0 spiro atoms. The molecule has 0 aliphatic heterocycles. The van der Waals surface area contributed by atoms with E-state index in [-0.39, 0.29) is 23.9 Å². The molecule has 2 amide bonds. The quantitative estimate of drug-likeness (QED) is 0.456. The van der Waals surface area contributed by atoms with Crippen molar-refractivity contribution in [1.82, 2.24) is 10.2 Å². The number of benzene rings is 2. The Hall–Kier alpha value is -2.98. The summed E-state index contributed by atoms with van der Waals surface area (Å²) in [5, 5.41) is 3.27. The number of rotatable bonds is 12. The van der Waals surface area contributed by atoms with E-state index in [0.29, 0.717) is 22.9 Å². The van der Waals surface area contributed by atoms with Crippen LogP contribution in [-0.2, 0) is 26.2 Å². The molecule has 0 aromatic heterocycles. The predicted octanol–water partition coefficient (Wildman–Crippen LogP) is 3.07. The predicted molar refractivity (Wildman–Crippen MR) is 137 cm³/mol. The van der Waals surface area contributed by atoms with Crippen LogP contribution in [0.15, 0.2) is 42.5 Å². The summed E-state index contributed by atoms with van der Waals surface area (Å²) >= 11 is 6.11. The van der Waals surface area contributed by atoms with E-state index in [2.05, 4.69) is 5.32 Å². The first-order valence-electron chi connectivity index (χ1n) is 11.0. The lowest BCUT2D eigenvalue weighted by Gasteiger charge is -2.32. The molecule has 0 aliphatic carbocycles. The van der Waals surface area contributed by atoms with Crippen molar-refractivity contribution in [3.8, 4) is 11.5 Å². The van der Waals surface area contributed by atoms with Crippen LogP contribution in [0.3, 0.4) is 0 Å². The minimum absolute atomic E-state index is 0.0669. The molecule has 1 atom stereocenters. The van der Waals surface area contributed by atoms with Gasteiger partial charge < -0.3 is 19.7 Å². The summed E-state index contributed by atoms with van der Waals surface area (Å²) in [6.45, 7) is 3.52. The molecule has 2 aromatic rings. The van der Waals surface area contributed by atoms with Gasteiger partial charge in [0.2, 0.25) is 21.8 Å². The van der Waals surface area contributed by atoms with Crippen molar-refractivity contribution in [3.05, 3.63) is 53.1 Å². The lowest BCUT2D eigenvalue weighted by atomic mass is 10.1. The number of carbonyl (C=O) groups is 2. The number of carbonyl (C=O) groups excluding carboxylic acids is 2. The second-order valence-corrected chi connectivity index (χ2v) is 10.3. The molecule has 2 rings (SSSR count). The van der Waals surface area contributed by atoms with E-state index in [1.54, 1.807) is 37.3 Å². The standard InChI is InChI=1S/C24H32ClN3O6S/c1-6-12-26-24(30)17(2)27(15-18-8-7-9-19(25)13-18)23(29)16-28(35(5,31)32)21-11-10-20(33-3)14-22(21)34-4/h7-11,13-14,17H,6,12,15-16H2,1-5H3,(H,26,30). The second-order valence-electron chi connectivity index (χ2n) is 7.93. The van der Waals surface area contributed by atoms with Gasteiger partial charge in [-0.3, -0.25) is 13.9 Å². The molecule has 0 aliphatic rings. The zero-order valence-corrected chi connectivity index (χ0v) is 22.1. The van der Waals surface area contributed by atoms with Crippen molar-refractivity contribution < 1.29 is 27.5 Å². The maximum atomic E-state index is 13.5. The van der Waals surface area contributed by atoms with Gasteiger partial charge in [0.15, 0.2) is 0 Å². The number of halogens is 1. The Bertz CT molecular complexity index is 1140. The van der Waals surface area contributed by atoms with Gasteiger partial charge in [-0.05, 0) is 43.2 Å². The van der Waals surface area contributed by atoms with Gasteiger partial charge in [0.25, 0.3) is 0 Å². The number of hydrogen-bond acceptors (Lipinski definition) is 6. The second kappa shape index (κ2) is 12.6. The third-order valence-corrected chi connectivity index (χ3v) is 6.65. The molecule has 9 nitrogen and oxygen atoms in total. The van der Waals surface area contributed by atoms with Crippen molar-refractivity contribution >= 4 is 39.1 Å². The van der Waals surface area contributed by atoms with Crippen LogP contribution in [0, 0.1) is 0 Å². The van der Waals surface area contributed by atoms with Crippen molar-refractivity contribution in [2.75, 3.05) is 37.9 Å². The molecular weight excluding hydrogens is 494 g/mol. The van der Waals surface area contributed by atoms with Crippen LogP contribution in [0.4, 0.5) is 5.69 Å². The van der Waals surface area contributed by atoms with E-state index in [1.165, 1.54) is 31.3 Å². The minimum Gasteiger partial charge on any atom is -0.497 e. The number of ether oxygens (including phenoxy) is 2. The van der Waals surface area contributed by atoms with Gasteiger partial charge in [-0.2, -0.15) is 0 Å². The van der Waals surface area contributed by atoms with E-state index in [0.717, 1.165) is 17.0 Å². The topological polar surface area (TPSA) is 105 Å². The molecule has 0 radical (unpaired) electrons. The Kier molecular flexibility index (Phi) is 10.2. The summed E-state index contributed by atoms with van der Waals surface area (Å²) in [7, 11) is -1.02. The molecule has 192 valence electrons. The number of amides is 2. The molecule has 35 heavy (non-hydrogen) atoms. The minimum atomic E-state index is -3.90. The van der Waals surface area contributed by atoms with Gasteiger partial charge in [0.05, 0.1) is 26.2 Å². The maximum absolute atomic E-state index is 13.5. The number of nitrogens with one attached hydrogen (secondary N) is 1. The van der Waals surface area contributed by atoms with E-state index in [9.17, 15) is 18.0 Å². The smallest absolute Gasteiger partial charge is 0.244 e. The number of hydrogen-bond donors (Lipinski definition) is 1. The van der Waals surface area contributed by atoms with Crippen LogP contribution in [-0.4, -0.2) is 64.7 Å². The Morgan fingerprint density at radius 1 is 1.11 bits per heavy atom. The zero-order valence-electron chi connectivity index (χ0n) is 20.6. The molecular formula is C24H32ClN3O6S.